The van der Waals surface area contributed by atoms with E-state index >= 15 is 0 Å². The molecular weight excluding hydrogens is 404 g/mol. The van der Waals surface area contributed by atoms with Crippen LogP contribution < -0.4 is 5.32 Å². The van der Waals surface area contributed by atoms with Gasteiger partial charge in [0.15, 0.2) is 0 Å². The Bertz CT molecular complexity index is 1080. The third-order valence-corrected chi connectivity index (χ3v) is 7.13. The number of carbonyl (C=O) groups is 1. The third-order valence-electron chi connectivity index (χ3n) is 4.23. The molecule has 0 radical (unpaired) electrons. The second-order valence-corrected chi connectivity index (χ2v) is 9.69. The average molecular weight is 427 g/mol. The Morgan fingerprint density at radius 1 is 0.931 bits per heavy atom. The third kappa shape index (κ3) is 5.47. The summed E-state index contributed by atoms with van der Waals surface area (Å²) >= 11 is 1.53. The highest BCUT2D eigenvalue weighted by Gasteiger charge is 2.23. The standard InChI is InChI=1S/C22H22N2O3S2/c1-17-12-14-19(15-13-17)29(26,27)24(2)16-22(25)23-20-10-6-7-11-21(20)28-18-8-4-3-5-9-18/h3-15H,16H2,1-2H3,(H,23,25). The van der Waals surface area contributed by atoms with E-state index in [-0.39, 0.29) is 11.4 Å². The van der Waals surface area contributed by atoms with Crippen molar-refractivity contribution in [3.63, 3.8) is 0 Å². The van der Waals surface area contributed by atoms with Crippen molar-refractivity contribution in [2.24, 2.45) is 0 Å². The summed E-state index contributed by atoms with van der Waals surface area (Å²) in [5.41, 5.74) is 1.62. The van der Waals surface area contributed by atoms with Crippen LogP contribution in [0.15, 0.2) is 93.5 Å². The Hall–Kier alpha value is -2.61. The van der Waals surface area contributed by atoms with Gasteiger partial charge in [0.05, 0.1) is 17.1 Å². The summed E-state index contributed by atoms with van der Waals surface area (Å²) in [5.74, 6) is -0.399. The fraction of sp³-hybridized carbons (Fsp3) is 0.136. The van der Waals surface area contributed by atoms with Gasteiger partial charge >= 0.3 is 0 Å². The van der Waals surface area contributed by atoms with Crippen LogP contribution in [0.25, 0.3) is 0 Å². The summed E-state index contributed by atoms with van der Waals surface area (Å²) in [4.78, 5) is 14.6. The number of rotatable bonds is 7. The van der Waals surface area contributed by atoms with Gasteiger partial charge in [-0.05, 0) is 43.3 Å². The van der Waals surface area contributed by atoms with Crippen molar-refractivity contribution in [2.75, 3.05) is 18.9 Å². The first-order chi connectivity index (χ1) is 13.9. The topological polar surface area (TPSA) is 66.5 Å². The summed E-state index contributed by atoms with van der Waals surface area (Å²) in [7, 11) is -2.33. The predicted molar refractivity (Wildman–Crippen MR) is 117 cm³/mol. The first-order valence-corrected chi connectivity index (χ1v) is 11.3. The number of anilines is 1. The van der Waals surface area contributed by atoms with Gasteiger partial charge in [-0.2, -0.15) is 4.31 Å². The van der Waals surface area contributed by atoms with Gasteiger partial charge in [0.25, 0.3) is 0 Å². The molecule has 5 nitrogen and oxygen atoms in total. The maximum Gasteiger partial charge on any atom is 0.243 e. The van der Waals surface area contributed by atoms with Gasteiger partial charge in [-0.1, -0.05) is 59.8 Å². The number of carbonyl (C=O) groups excluding carboxylic acids is 1. The van der Waals surface area contributed by atoms with Crippen LogP contribution in [0.3, 0.4) is 0 Å². The smallest absolute Gasteiger partial charge is 0.243 e. The van der Waals surface area contributed by atoms with Crippen LogP contribution in [0.2, 0.25) is 0 Å². The molecule has 0 aliphatic rings. The normalized spacial score (nSPS) is 11.4. The minimum atomic E-state index is -3.73. The van der Waals surface area contributed by atoms with Crippen molar-refractivity contribution in [1.29, 1.82) is 0 Å². The molecule has 0 saturated heterocycles. The first kappa shape index (κ1) is 21.1. The second kappa shape index (κ2) is 9.26. The van der Waals surface area contributed by atoms with Crippen molar-refractivity contribution in [3.05, 3.63) is 84.4 Å². The van der Waals surface area contributed by atoms with Gasteiger partial charge in [-0.3, -0.25) is 4.79 Å². The maximum absolute atomic E-state index is 12.7. The Labute approximate surface area is 175 Å². The van der Waals surface area contributed by atoms with E-state index in [4.69, 9.17) is 0 Å². The van der Waals surface area contributed by atoms with Gasteiger partial charge in [0.1, 0.15) is 0 Å². The lowest BCUT2D eigenvalue weighted by Crippen LogP contribution is -2.35. The van der Waals surface area contributed by atoms with Gasteiger partial charge < -0.3 is 5.32 Å². The fourth-order valence-electron chi connectivity index (χ4n) is 2.64. The zero-order valence-electron chi connectivity index (χ0n) is 16.2. The number of nitrogens with one attached hydrogen (secondary N) is 1. The molecular formula is C22H22N2O3S2. The highest BCUT2D eigenvalue weighted by Crippen LogP contribution is 2.33. The van der Waals surface area contributed by atoms with E-state index in [0.29, 0.717) is 5.69 Å². The summed E-state index contributed by atoms with van der Waals surface area (Å²) in [5, 5.41) is 2.83. The van der Waals surface area contributed by atoms with E-state index in [2.05, 4.69) is 5.32 Å². The lowest BCUT2D eigenvalue weighted by molar-refractivity contribution is -0.116. The van der Waals surface area contributed by atoms with Gasteiger partial charge in [0, 0.05) is 16.8 Å². The van der Waals surface area contributed by atoms with E-state index in [9.17, 15) is 13.2 Å². The molecule has 7 heteroatoms. The molecule has 0 bridgehead atoms. The number of likely N-dealkylation sites (N-methyl/N-ethyl adjacent to an activating group) is 1. The van der Waals surface area contributed by atoms with Gasteiger partial charge in [0.2, 0.25) is 15.9 Å². The van der Waals surface area contributed by atoms with E-state index in [1.807, 2.05) is 55.5 Å². The Balaban J connectivity index is 1.70. The molecule has 1 amide bonds. The van der Waals surface area contributed by atoms with Crippen molar-refractivity contribution >= 4 is 33.4 Å². The van der Waals surface area contributed by atoms with Gasteiger partial charge in [-0.15, -0.1) is 0 Å². The highest BCUT2D eigenvalue weighted by atomic mass is 32.2. The summed E-state index contributed by atoms with van der Waals surface area (Å²) in [6, 6.07) is 23.8. The predicted octanol–water partition coefficient (Wildman–Crippen LogP) is 4.41. The second-order valence-electron chi connectivity index (χ2n) is 6.53. The van der Waals surface area contributed by atoms with Crippen molar-refractivity contribution in [2.45, 2.75) is 21.6 Å². The van der Waals surface area contributed by atoms with E-state index < -0.39 is 15.9 Å². The van der Waals surface area contributed by atoms with Crippen LogP contribution in [0.5, 0.6) is 0 Å². The van der Waals surface area contributed by atoms with Crippen LogP contribution in [-0.4, -0.2) is 32.2 Å². The molecule has 0 unspecified atom stereocenters. The van der Waals surface area contributed by atoms with Crippen molar-refractivity contribution < 1.29 is 13.2 Å². The zero-order chi connectivity index (χ0) is 20.9. The largest absolute Gasteiger partial charge is 0.324 e. The Morgan fingerprint density at radius 2 is 1.55 bits per heavy atom. The molecule has 150 valence electrons. The lowest BCUT2D eigenvalue weighted by atomic mass is 10.2. The van der Waals surface area contributed by atoms with Crippen LogP contribution in [-0.2, 0) is 14.8 Å². The molecule has 0 aliphatic carbocycles. The molecule has 3 aromatic rings. The molecule has 0 saturated carbocycles. The zero-order valence-corrected chi connectivity index (χ0v) is 17.8. The number of nitrogens with zero attached hydrogens (tertiary/aromatic N) is 1. The molecule has 29 heavy (non-hydrogen) atoms. The molecule has 0 aliphatic heterocycles. The summed E-state index contributed by atoms with van der Waals surface area (Å²) in [6.07, 6.45) is 0. The van der Waals surface area contributed by atoms with E-state index in [1.165, 1.54) is 18.8 Å². The van der Waals surface area contributed by atoms with Crippen LogP contribution in [0.1, 0.15) is 5.56 Å². The monoisotopic (exact) mass is 426 g/mol. The minimum Gasteiger partial charge on any atom is -0.324 e. The van der Waals surface area contributed by atoms with Crippen LogP contribution in [0.4, 0.5) is 5.69 Å². The quantitative estimate of drug-likeness (QED) is 0.608. The number of hydrogen-bond acceptors (Lipinski definition) is 4. The molecule has 0 atom stereocenters. The average Bonchev–Trinajstić information content (AvgIpc) is 2.70. The number of hydrogen-bond donors (Lipinski definition) is 1. The highest BCUT2D eigenvalue weighted by molar-refractivity contribution is 7.99. The number of benzene rings is 3. The molecule has 0 heterocycles. The van der Waals surface area contributed by atoms with Crippen molar-refractivity contribution in [1.82, 2.24) is 4.31 Å². The molecule has 0 spiro atoms. The molecule has 1 N–H and O–H groups in total. The number of sulfonamides is 1. The number of amides is 1. The molecule has 0 fully saturated rings. The fourth-order valence-corrected chi connectivity index (χ4v) is 4.69. The summed E-state index contributed by atoms with van der Waals surface area (Å²) < 4.78 is 26.4. The molecule has 3 rings (SSSR count). The van der Waals surface area contributed by atoms with Crippen molar-refractivity contribution in [3.8, 4) is 0 Å². The molecule has 3 aromatic carbocycles. The number of aryl methyl sites for hydroxylation is 1. The minimum absolute atomic E-state index is 0.165. The van der Waals surface area contributed by atoms with Crippen LogP contribution >= 0.6 is 11.8 Å². The summed E-state index contributed by atoms with van der Waals surface area (Å²) in [6.45, 7) is 1.61. The maximum atomic E-state index is 12.7. The van der Waals surface area contributed by atoms with E-state index in [1.54, 1.807) is 30.3 Å². The molecule has 0 aromatic heterocycles. The van der Waals surface area contributed by atoms with Crippen LogP contribution in [0, 0.1) is 6.92 Å². The Morgan fingerprint density at radius 3 is 2.24 bits per heavy atom. The van der Waals surface area contributed by atoms with Gasteiger partial charge in [-0.25, -0.2) is 8.42 Å². The van der Waals surface area contributed by atoms with E-state index in [0.717, 1.165) is 19.7 Å². The first-order valence-electron chi connectivity index (χ1n) is 9.01. The SMILES string of the molecule is Cc1ccc(S(=O)(=O)N(C)CC(=O)Nc2ccccc2Sc2ccccc2)cc1. The lowest BCUT2D eigenvalue weighted by Gasteiger charge is -2.18. The number of para-hydroxylation sites is 1. The Kier molecular flexibility index (Phi) is 6.74.